The summed E-state index contributed by atoms with van der Waals surface area (Å²) in [5.41, 5.74) is 1.92. The molecule has 3 rings (SSSR count). The van der Waals surface area contributed by atoms with Crippen LogP contribution in [-0.2, 0) is 11.4 Å². The highest BCUT2D eigenvalue weighted by Crippen LogP contribution is 2.19. The number of hydrogen-bond acceptors (Lipinski definition) is 4. The van der Waals surface area contributed by atoms with E-state index in [1.165, 1.54) is 12.3 Å². The second-order valence-corrected chi connectivity index (χ2v) is 4.58. The lowest BCUT2D eigenvalue weighted by Gasteiger charge is -1.96. The van der Waals surface area contributed by atoms with Gasteiger partial charge in [-0.25, -0.2) is 4.39 Å². The Labute approximate surface area is 126 Å². The average molecular weight is 296 g/mol. The third kappa shape index (κ3) is 3.38. The normalized spacial score (nSPS) is 11.0. The Hall–Kier alpha value is -2.95. The number of halogens is 1. The minimum absolute atomic E-state index is 0.154. The van der Waals surface area contributed by atoms with Crippen molar-refractivity contribution in [3.8, 4) is 11.3 Å². The molecule has 0 N–H and O–H groups in total. The van der Waals surface area contributed by atoms with E-state index < -0.39 is 0 Å². The fourth-order valence-electron chi connectivity index (χ4n) is 1.90. The molecule has 0 fully saturated rings. The van der Waals surface area contributed by atoms with Crippen LogP contribution in [0.5, 0.6) is 0 Å². The first-order chi connectivity index (χ1) is 10.8. The first kappa shape index (κ1) is 14.0. The standard InChI is InChI=1S/C17H13FN2O2/c18-16-9-5-4-8-14(16)11-19-21-12-15-10-17(22-20-15)13-6-2-1-3-7-13/h1-11H,12H2/b19-11-. The summed E-state index contributed by atoms with van der Waals surface area (Å²) in [6.45, 7) is 0.154. The first-order valence-corrected chi connectivity index (χ1v) is 6.74. The second-order valence-electron chi connectivity index (χ2n) is 4.58. The summed E-state index contributed by atoms with van der Waals surface area (Å²) in [4.78, 5) is 5.11. The molecule has 1 heterocycles. The van der Waals surface area contributed by atoms with Crippen LogP contribution in [0.4, 0.5) is 4.39 Å². The summed E-state index contributed by atoms with van der Waals surface area (Å²) >= 11 is 0. The molecule has 3 aromatic rings. The molecule has 1 aromatic heterocycles. The predicted octanol–water partition coefficient (Wildman–Crippen LogP) is 4.03. The van der Waals surface area contributed by atoms with Crippen LogP contribution in [0, 0.1) is 5.82 Å². The van der Waals surface area contributed by atoms with Gasteiger partial charge in [0.25, 0.3) is 0 Å². The predicted molar refractivity (Wildman–Crippen MR) is 80.7 cm³/mol. The molecular weight excluding hydrogens is 283 g/mol. The van der Waals surface area contributed by atoms with Gasteiger partial charge < -0.3 is 9.36 Å². The maximum absolute atomic E-state index is 13.4. The van der Waals surface area contributed by atoms with Crippen LogP contribution in [-0.4, -0.2) is 11.4 Å². The summed E-state index contributed by atoms with van der Waals surface area (Å²) in [6.07, 6.45) is 1.33. The van der Waals surface area contributed by atoms with E-state index in [9.17, 15) is 4.39 Å². The molecule has 0 aliphatic carbocycles. The minimum Gasteiger partial charge on any atom is -0.389 e. The zero-order valence-electron chi connectivity index (χ0n) is 11.6. The van der Waals surface area contributed by atoms with Crippen LogP contribution in [0.2, 0.25) is 0 Å². The third-order valence-corrected chi connectivity index (χ3v) is 3.00. The first-order valence-electron chi connectivity index (χ1n) is 6.74. The zero-order valence-corrected chi connectivity index (χ0v) is 11.6. The molecular formula is C17H13FN2O2. The van der Waals surface area contributed by atoms with E-state index in [4.69, 9.17) is 9.36 Å². The van der Waals surface area contributed by atoms with Crippen molar-refractivity contribution < 1.29 is 13.8 Å². The fourth-order valence-corrected chi connectivity index (χ4v) is 1.90. The minimum atomic E-state index is -0.345. The number of nitrogens with zero attached hydrogens (tertiary/aromatic N) is 2. The van der Waals surface area contributed by atoms with Gasteiger partial charge in [0.1, 0.15) is 11.5 Å². The Morgan fingerprint density at radius 3 is 2.68 bits per heavy atom. The van der Waals surface area contributed by atoms with E-state index in [-0.39, 0.29) is 12.4 Å². The molecule has 0 unspecified atom stereocenters. The molecule has 0 radical (unpaired) electrons. The topological polar surface area (TPSA) is 47.6 Å². The van der Waals surface area contributed by atoms with Gasteiger partial charge in [0.2, 0.25) is 0 Å². The van der Waals surface area contributed by atoms with Gasteiger partial charge in [0.15, 0.2) is 12.4 Å². The van der Waals surface area contributed by atoms with Crippen LogP contribution >= 0.6 is 0 Å². The van der Waals surface area contributed by atoms with E-state index in [0.717, 1.165) is 5.56 Å². The summed E-state index contributed by atoms with van der Waals surface area (Å²) in [5.74, 6) is 0.319. The van der Waals surface area contributed by atoms with Crippen LogP contribution in [0.25, 0.3) is 11.3 Å². The Morgan fingerprint density at radius 2 is 1.86 bits per heavy atom. The quantitative estimate of drug-likeness (QED) is 0.527. The van der Waals surface area contributed by atoms with E-state index in [0.29, 0.717) is 17.0 Å². The average Bonchev–Trinajstić information content (AvgIpc) is 3.03. The number of aromatic nitrogens is 1. The molecule has 0 amide bonds. The zero-order chi connectivity index (χ0) is 15.2. The summed E-state index contributed by atoms with van der Waals surface area (Å²) < 4.78 is 18.6. The molecule has 5 heteroatoms. The van der Waals surface area contributed by atoms with E-state index in [2.05, 4.69) is 10.3 Å². The van der Waals surface area contributed by atoms with E-state index >= 15 is 0 Å². The molecule has 110 valence electrons. The lowest BCUT2D eigenvalue weighted by Crippen LogP contribution is -1.90. The highest BCUT2D eigenvalue weighted by atomic mass is 19.1. The van der Waals surface area contributed by atoms with Gasteiger partial charge in [0.05, 0.1) is 6.21 Å². The van der Waals surface area contributed by atoms with Crippen LogP contribution in [0.1, 0.15) is 11.3 Å². The second kappa shape index (κ2) is 6.67. The molecule has 4 nitrogen and oxygen atoms in total. The molecule has 0 saturated heterocycles. The van der Waals surface area contributed by atoms with Gasteiger partial charge in [-0.2, -0.15) is 0 Å². The van der Waals surface area contributed by atoms with Crippen molar-refractivity contribution >= 4 is 6.21 Å². The molecule has 2 aromatic carbocycles. The third-order valence-electron chi connectivity index (χ3n) is 3.00. The van der Waals surface area contributed by atoms with Crippen molar-refractivity contribution in [3.05, 3.63) is 77.7 Å². The Bertz CT molecular complexity index is 769. The van der Waals surface area contributed by atoms with Crippen molar-refractivity contribution in [1.29, 1.82) is 0 Å². The van der Waals surface area contributed by atoms with Gasteiger partial charge in [0, 0.05) is 17.2 Å². The highest BCUT2D eigenvalue weighted by molar-refractivity contribution is 5.79. The molecule has 0 atom stereocenters. The van der Waals surface area contributed by atoms with Gasteiger partial charge in [-0.3, -0.25) is 0 Å². The number of oxime groups is 1. The smallest absolute Gasteiger partial charge is 0.167 e. The van der Waals surface area contributed by atoms with Crippen LogP contribution in [0.3, 0.4) is 0 Å². The van der Waals surface area contributed by atoms with Gasteiger partial charge in [-0.1, -0.05) is 58.8 Å². The van der Waals surface area contributed by atoms with Gasteiger partial charge >= 0.3 is 0 Å². The molecule has 0 aliphatic heterocycles. The van der Waals surface area contributed by atoms with Crippen LogP contribution < -0.4 is 0 Å². The van der Waals surface area contributed by atoms with E-state index in [1.54, 1.807) is 24.3 Å². The van der Waals surface area contributed by atoms with Crippen molar-refractivity contribution in [2.24, 2.45) is 5.16 Å². The van der Waals surface area contributed by atoms with Gasteiger partial charge in [-0.15, -0.1) is 0 Å². The summed E-state index contributed by atoms with van der Waals surface area (Å²) in [6, 6.07) is 17.8. The molecule has 0 bridgehead atoms. The SMILES string of the molecule is Fc1ccccc1/C=N\OCc1cc(-c2ccccc2)on1. The largest absolute Gasteiger partial charge is 0.389 e. The fraction of sp³-hybridized carbons (Fsp3) is 0.0588. The maximum Gasteiger partial charge on any atom is 0.167 e. The van der Waals surface area contributed by atoms with Crippen molar-refractivity contribution in [2.45, 2.75) is 6.61 Å². The van der Waals surface area contributed by atoms with Crippen molar-refractivity contribution in [1.82, 2.24) is 5.16 Å². The van der Waals surface area contributed by atoms with E-state index in [1.807, 2.05) is 30.3 Å². The molecule has 0 aliphatic rings. The lowest BCUT2D eigenvalue weighted by molar-refractivity contribution is 0.126. The highest BCUT2D eigenvalue weighted by Gasteiger charge is 2.06. The summed E-state index contributed by atoms with van der Waals surface area (Å²) in [7, 11) is 0. The molecule has 22 heavy (non-hydrogen) atoms. The number of hydrogen-bond donors (Lipinski definition) is 0. The lowest BCUT2D eigenvalue weighted by atomic mass is 10.2. The monoisotopic (exact) mass is 296 g/mol. The molecule has 0 saturated carbocycles. The Kier molecular flexibility index (Phi) is 4.25. The molecule has 0 spiro atoms. The number of rotatable bonds is 5. The summed E-state index contributed by atoms with van der Waals surface area (Å²) in [5, 5.41) is 7.64. The Balaban J connectivity index is 1.59. The number of benzene rings is 2. The Morgan fingerprint density at radius 1 is 1.09 bits per heavy atom. The van der Waals surface area contributed by atoms with Crippen molar-refractivity contribution in [3.63, 3.8) is 0 Å². The van der Waals surface area contributed by atoms with Crippen LogP contribution in [0.15, 0.2) is 70.3 Å². The maximum atomic E-state index is 13.4. The van der Waals surface area contributed by atoms with Gasteiger partial charge in [-0.05, 0) is 6.07 Å². The van der Waals surface area contributed by atoms with Crippen molar-refractivity contribution in [2.75, 3.05) is 0 Å².